The number of benzene rings is 4. The zero-order valence-electron chi connectivity index (χ0n) is 22.8. The van der Waals surface area contributed by atoms with Crippen LogP contribution in [0.15, 0.2) is 115 Å². The molecule has 1 aromatic heterocycles. The molecule has 0 aliphatic carbocycles. The SMILES string of the molecule is CCOc1ccc(NC(=O)C(C#N)=Cc2cn(-c3ccccc3)nc2-c2ccc(OCc3ccccc3Cl)cc2)cc1. The van der Waals surface area contributed by atoms with Gasteiger partial charge in [0.1, 0.15) is 29.7 Å². The number of rotatable bonds is 10. The summed E-state index contributed by atoms with van der Waals surface area (Å²) >= 11 is 6.25. The first kappa shape index (κ1) is 28.2. The van der Waals surface area contributed by atoms with Gasteiger partial charge in [0.2, 0.25) is 0 Å². The summed E-state index contributed by atoms with van der Waals surface area (Å²) < 4.78 is 13.1. The molecule has 0 spiro atoms. The Morgan fingerprint density at radius 2 is 1.60 bits per heavy atom. The highest BCUT2D eigenvalue weighted by atomic mass is 35.5. The van der Waals surface area contributed by atoms with Gasteiger partial charge in [-0.2, -0.15) is 10.4 Å². The average molecular weight is 575 g/mol. The van der Waals surface area contributed by atoms with E-state index in [0.717, 1.165) is 16.8 Å². The minimum absolute atomic E-state index is 0.0579. The van der Waals surface area contributed by atoms with E-state index in [1.807, 2.05) is 91.9 Å². The number of ether oxygens (including phenoxy) is 2. The van der Waals surface area contributed by atoms with Crippen molar-refractivity contribution in [3.63, 3.8) is 0 Å². The molecule has 1 N–H and O–H groups in total. The van der Waals surface area contributed by atoms with E-state index in [2.05, 4.69) is 5.32 Å². The van der Waals surface area contributed by atoms with E-state index in [-0.39, 0.29) is 5.57 Å². The van der Waals surface area contributed by atoms with Crippen LogP contribution in [-0.4, -0.2) is 22.3 Å². The number of amides is 1. The first-order valence-corrected chi connectivity index (χ1v) is 13.7. The predicted octanol–water partition coefficient (Wildman–Crippen LogP) is 7.72. The van der Waals surface area contributed by atoms with Gasteiger partial charge in [0, 0.05) is 33.6 Å². The van der Waals surface area contributed by atoms with Crippen LogP contribution in [0.1, 0.15) is 18.1 Å². The molecule has 0 atom stereocenters. The summed E-state index contributed by atoms with van der Waals surface area (Å²) in [6.45, 7) is 2.79. The summed E-state index contributed by atoms with van der Waals surface area (Å²) in [4.78, 5) is 13.1. The molecule has 0 radical (unpaired) electrons. The summed E-state index contributed by atoms with van der Waals surface area (Å²) in [5.74, 6) is 0.846. The number of anilines is 1. The van der Waals surface area contributed by atoms with Crippen molar-refractivity contribution >= 4 is 29.3 Å². The second-order valence-corrected chi connectivity index (χ2v) is 9.61. The molecule has 0 aliphatic heterocycles. The molecule has 0 fully saturated rings. The molecule has 7 nitrogen and oxygen atoms in total. The molecule has 0 saturated heterocycles. The number of nitrogens with zero attached hydrogens (tertiary/aromatic N) is 3. The van der Waals surface area contributed by atoms with Crippen LogP contribution in [-0.2, 0) is 11.4 Å². The highest BCUT2D eigenvalue weighted by molar-refractivity contribution is 6.31. The van der Waals surface area contributed by atoms with Crippen molar-refractivity contribution in [3.8, 4) is 34.5 Å². The zero-order valence-corrected chi connectivity index (χ0v) is 23.6. The van der Waals surface area contributed by atoms with Crippen LogP contribution in [0.5, 0.6) is 11.5 Å². The van der Waals surface area contributed by atoms with E-state index < -0.39 is 5.91 Å². The quantitative estimate of drug-likeness (QED) is 0.136. The number of nitriles is 1. The molecule has 0 aliphatic rings. The lowest BCUT2D eigenvalue weighted by Crippen LogP contribution is -2.13. The molecule has 0 unspecified atom stereocenters. The van der Waals surface area contributed by atoms with E-state index >= 15 is 0 Å². The van der Waals surface area contributed by atoms with Gasteiger partial charge in [-0.15, -0.1) is 0 Å². The molecule has 0 bridgehead atoms. The highest BCUT2D eigenvalue weighted by Crippen LogP contribution is 2.28. The third-order valence-corrected chi connectivity index (χ3v) is 6.70. The number of aromatic nitrogens is 2. The molecule has 5 aromatic rings. The summed E-state index contributed by atoms with van der Waals surface area (Å²) in [5.41, 5.74) is 4.25. The second-order valence-electron chi connectivity index (χ2n) is 9.20. The number of halogens is 1. The average Bonchev–Trinajstić information content (AvgIpc) is 3.45. The first-order chi connectivity index (χ1) is 20.5. The third-order valence-electron chi connectivity index (χ3n) is 6.33. The normalized spacial score (nSPS) is 11.0. The molecular weight excluding hydrogens is 548 g/mol. The Balaban J connectivity index is 1.42. The van der Waals surface area contributed by atoms with E-state index in [9.17, 15) is 10.1 Å². The van der Waals surface area contributed by atoms with Gasteiger partial charge >= 0.3 is 0 Å². The van der Waals surface area contributed by atoms with Gasteiger partial charge in [0.25, 0.3) is 5.91 Å². The van der Waals surface area contributed by atoms with E-state index in [0.29, 0.717) is 46.7 Å². The largest absolute Gasteiger partial charge is 0.494 e. The summed E-state index contributed by atoms with van der Waals surface area (Å²) in [7, 11) is 0. The summed E-state index contributed by atoms with van der Waals surface area (Å²) in [6, 6.07) is 33.7. The fraction of sp³-hybridized carbons (Fsp3) is 0.0882. The molecule has 8 heteroatoms. The molecule has 4 aromatic carbocycles. The number of carbonyl (C=O) groups excluding carboxylic acids is 1. The number of hydrogen-bond donors (Lipinski definition) is 1. The number of para-hydroxylation sites is 1. The van der Waals surface area contributed by atoms with E-state index in [4.69, 9.17) is 26.2 Å². The molecule has 42 heavy (non-hydrogen) atoms. The Kier molecular flexibility index (Phi) is 8.97. The zero-order chi connectivity index (χ0) is 29.3. The number of carbonyl (C=O) groups is 1. The molecule has 5 rings (SSSR count). The van der Waals surface area contributed by atoms with Crippen LogP contribution in [0.4, 0.5) is 5.69 Å². The lowest BCUT2D eigenvalue weighted by atomic mass is 10.1. The van der Waals surface area contributed by atoms with Gasteiger partial charge in [0.15, 0.2) is 0 Å². The third kappa shape index (κ3) is 6.87. The van der Waals surface area contributed by atoms with Crippen molar-refractivity contribution in [2.45, 2.75) is 13.5 Å². The Hall–Kier alpha value is -5.32. The van der Waals surface area contributed by atoms with Crippen molar-refractivity contribution in [1.29, 1.82) is 5.26 Å². The monoisotopic (exact) mass is 574 g/mol. The van der Waals surface area contributed by atoms with Crippen LogP contribution in [0.2, 0.25) is 5.02 Å². The van der Waals surface area contributed by atoms with Gasteiger partial charge in [-0.3, -0.25) is 4.79 Å². The van der Waals surface area contributed by atoms with Gasteiger partial charge in [-0.1, -0.05) is 48.0 Å². The van der Waals surface area contributed by atoms with Crippen LogP contribution in [0.25, 0.3) is 23.0 Å². The Morgan fingerprint density at radius 3 is 2.29 bits per heavy atom. The Labute approximate surface area is 249 Å². The van der Waals surface area contributed by atoms with Crippen LogP contribution in [0, 0.1) is 11.3 Å². The molecule has 208 valence electrons. The van der Waals surface area contributed by atoms with Crippen molar-refractivity contribution in [2.75, 3.05) is 11.9 Å². The highest BCUT2D eigenvalue weighted by Gasteiger charge is 2.16. The summed E-state index contributed by atoms with van der Waals surface area (Å²) in [6.07, 6.45) is 3.35. The second kappa shape index (κ2) is 13.4. The van der Waals surface area contributed by atoms with Crippen LogP contribution >= 0.6 is 11.6 Å². The fourth-order valence-electron chi connectivity index (χ4n) is 4.22. The van der Waals surface area contributed by atoms with Gasteiger partial charge in [0.05, 0.1) is 18.0 Å². The lowest BCUT2D eigenvalue weighted by Gasteiger charge is -2.08. The predicted molar refractivity (Wildman–Crippen MR) is 165 cm³/mol. The van der Waals surface area contributed by atoms with Crippen molar-refractivity contribution < 1.29 is 14.3 Å². The summed E-state index contributed by atoms with van der Waals surface area (Å²) in [5, 5.41) is 18.1. The minimum Gasteiger partial charge on any atom is -0.494 e. The van der Waals surface area contributed by atoms with Gasteiger partial charge in [-0.05, 0) is 79.7 Å². The topological polar surface area (TPSA) is 89.2 Å². The Bertz CT molecular complexity index is 1740. The number of hydrogen-bond acceptors (Lipinski definition) is 5. The van der Waals surface area contributed by atoms with Crippen LogP contribution < -0.4 is 14.8 Å². The Morgan fingerprint density at radius 1 is 0.929 bits per heavy atom. The smallest absolute Gasteiger partial charge is 0.266 e. The molecule has 1 heterocycles. The van der Waals surface area contributed by atoms with E-state index in [1.54, 1.807) is 41.2 Å². The first-order valence-electron chi connectivity index (χ1n) is 13.3. The van der Waals surface area contributed by atoms with Crippen molar-refractivity contribution in [3.05, 3.63) is 131 Å². The van der Waals surface area contributed by atoms with Gasteiger partial charge < -0.3 is 14.8 Å². The fourth-order valence-corrected chi connectivity index (χ4v) is 4.41. The molecular formula is C34H27ClN4O3. The van der Waals surface area contributed by atoms with Crippen molar-refractivity contribution in [1.82, 2.24) is 9.78 Å². The van der Waals surface area contributed by atoms with Crippen LogP contribution in [0.3, 0.4) is 0 Å². The lowest BCUT2D eigenvalue weighted by molar-refractivity contribution is -0.112. The maximum atomic E-state index is 13.1. The minimum atomic E-state index is -0.525. The van der Waals surface area contributed by atoms with Gasteiger partial charge in [-0.25, -0.2) is 4.68 Å². The molecule has 0 saturated carbocycles. The standard InChI is InChI=1S/C34H27ClN4O3/c1-2-41-30-18-14-28(15-19-30)37-34(40)26(21-36)20-27-22-39(29-9-4-3-5-10-29)38-33(27)24-12-16-31(17-13-24)42-23-25-8-6-7-11-32(25)35/h3-20,22H,2,23H2,1H3,(H,37,40). The molecule has 1 amide bonds. The number of nitrogens with one attached hydrogen (secondary N) is 1. The maximum Gasteiger partial charge on any atom is 0.266 e. The van der Waals surface area contributed by atoms with E-state index in [1.165, 1.54) is 0 Å². The van der Waals surface area contributed by atoms with Crippen molar-refractivity contribution in [2.24, 2.45) is 0 Å². The maximum absolute atomic E-state index is 13.1.